The lowest BCUT2D eigenvalue weighted by Gasteiger charge is -2.25. The standard InChI is InChI=1S/C15H15Br2FN4O2/c16-10-6-9(18)7-11(17)13(10)22-14(19)12(8-20-22)24-15(23)21-4-2-1-3-5-21/h6-8H,1-5,19H2. The smallest absolute Gasteiger partial charge is 0.404 e. The predicted molar refractivity (Wildman–Crippen MR) is 94.8 cm³/mol. The van der Waals surface area contributed by atoms with Gasteiger partial charge in [0.15, 0.2) is 11.6 Å². The molecule has 1 saturated heterocycles. The SMILES string of the molecule is Nc1c(OC(=O)N2CCCCC2)cnn1-c1c(Br)cc(F)cc1Br. The maximum absolute atomic E-state index is 13.4. The molecule has 0 aliphatic carbocycles. The first-order chi connectivity index (χ1) is 11.5. The van der Waals surface area contributed by atoms with Crippen LogP contribution in [0, 0.1) is 5.82 Å². The number of carbonyl (C=O) groups excluding carboxylic acids is 1. The average Bonchev–Trinajstić information content (AvgIpc) is 2.88. The number of anilines is 1. The molecule has 3 rings (SSSR count). The predicted octanol–water partition coefficient (Wildman–Crippen LogP) is 4.10. The first-order valence-electron chi connectivity index (χ1n) is 7.42. The van der Waals surface area contributed by atoms with Crippen LogP contribution >= 0.6 is 31.9 Å². The van der Waals surface area contributed by atoms with Gasteiger partial charge in [0.2, 0.25) is 0 Å². The van der Waals surface area contributed by atoms with Crippen LogP contribution in [0.1, 0.15) is 19.3 Å². The minimum absolute atomic E-state index is 0.161. The number of benzene rings is 1. The molecule has 2 heterocycles. The molecule has 1 aromatic heterocycles. The first-order valence-corrected chi connectivity index (χ1v) is 9.01. The molecule has 24 heavy (non-hydrogen) atoms. The second kappa shape index (κ2) is 7.10. The number of nitrogen functional groups attached to an aromatic ring is 1. The number of nitrogens with two attached hydrogens (primary N) is 1. The van der Waals surface area contributed by atoms with E-state index in [-0.39, 0.29) is 11.6 Å². The van der Waals surface area contributed by atoms with E-state index >= 15 is 0 Å². The summed E-state index contributed by atoms with van der Waals surface area (Å²) >= 11 is 6.58. The van der Waals surface area contributed by atoms with Crippen molar-refractivity contribution in [2.75, 3.05) is 18.8 Å². The molecule has 1 aliphatic rings. The molecular weight excluding hydrogens is 447 g/mol. The van der Waals surface area contributed by atoms with E-state index in [9.17, 15) is 9.18 Å². The van der Waals surface area contributed by atoms with E-state index in [2.05, 4.69) is 37.0 Å². The summed E-state index contributed by atoms with van der Waals surface area (Å²) in [5, 5.41) is 4.15. The van der Waals surface area contributed by atoms with Crippen LogP contribution in [0.5, 0.6) is 5.75 Å². The third kappa shape index (κ3) is 3.41. The number of ether oxygens (including phenoxy) is 1. The molecule has 0 atom stereocenters. The fraction of sp³-hybridized carbons (Fsp3) is 0.333. The number of likely N-dealkylation sites (tertiary alicyclic amines) is 1. The van der Waals surface area contributed by atoms with Crippen molar-refractivity contribution in [3.8, 4) is 11.4 Å². The van der Waals surface area contributed by atoms with Crippen molar-refractivity contribution >= 4 is 43.8 Å². The molecule has 2 aromatic rings. The fourth-order valence-electron chi connectivity index (χ4n) is 2.57. The highest BCUT2D eigenvalue weighted by Crippen LogP contribution is 2.34. The number of halogens is 3. The van der Waals surface area contributed by atoms with Gasteiger partial charge in [0, 0.05) is 22.0 Å². The van der Waals surface area contributed by atoms with Crippen LogP contribution in [0.15, 0.2) is 27.3 Å². The van der Waals surface area contributed by atoms with Crippen LogP contribution in [-0.4, -0.2) is 33.9 Å². The maximum atomic E-state index is 13.4. The van der Waals surface area contributed by atoms with E-state index in [4.69, 9.17) is 10.5 Å². The van der Waals surface area contributed by atoms with E-state index in [1.165, 1.54) is 23.0 Å². The Morgan fingerprint density at radius 1 is 1.21 bits per heavy atom. The van der Waals surface area contributed by atoms with Crippen molar-refractivity contribution in [3.05, 3.63) is 33.1 Å². The van der Waals surface area contributed by atoms with Crippen molar-refractivity contribution in [3.63, 3.8) is 0 Å². The molecular formula is C15H15Br2FN4O2. The molecule has 0 bridgehead atoms. The maximum Gasteiger partial charge on any atom is 0.415 e. The molecule has 0 saturated carbocycles. The van der Waals surface area contributed by atoms with Gasteiger partial charge in [0.05, 0.1) is 11.9 Å². The normalized spacial score (nSPS) is 14.7. The van der Waals surface area contributed by atoms with Crippen molar-refractivity contribution in [2.45, 2.75) is 19.3 Å². The van der Waals surface area contributed by atoms with Crippen LogP contribution in [0.2, 0.25) is 0 Å². The van der Waals surface area contributed by atoms with Gasteiger partial charge in [-0.15, -0.1) is 0 Å². The summed E-state index contributed by atoms with van der Waals surface area (Å²) < 4.78 is 21.1. The van der Waals surface area contributed by atoms with Gasteiger partial charge in [-0.3, -0.25) is 0 Å². The van der Waals surface area contributed by atoms with Gasteiger partial charge in [0.25, 0.3) is 0 Å². The Morgan fingerprint density at radius 2 is 1.83 bits per heavy atom. The summed E-state index contributed by atoms with van der Waals surface area (Å²) in [7, 11) is 0. The average molecular weight is 462 g/mol. The Morgan fingerprint density at radius 3 is 2.46 bits per heavy atom. The Balaban J connectivity index is 1.85. The van der Waals surface area contributed by atoms with Gasteiger partial charge < -0.3 is 15.4 Å². The second-order valence-electron chi connectivity index (χ2n) is 5.44. The molecule has 0 unspecified atom stereocenters. The van der Waals surface area contributed by atoms with E-state index < -0.39 is 11.9 Å². The van der Waals surface area contributed by atoms with E-state index in [0.717, 1.165) is 19.3 Å². The van der Waals surface area contributed by atoms with Crippen LogP contribution in [0.4, 0.5) is 15.0 Å². The molecule has 1 fully saturated rings. The van der Waals surface area contributed by atoms with Gasteiger partial charge in [-0.1, -0.05) is 0 Å². The van der Waals surface area contributed by atoms with Gasteiger partial charge in [-0.2, -0.15) is 5.10 Å². The van der Waals surface area contributed by atoms with Crippen molar-refractivity contribution < 1.29 is 13.9 Å². The van der Waals surface area contributed by atoms with E-state index in [1.807, 2.05) is 0 Å². The third-order valence-electron chi connectivity index (χ3n) is 3.78. The number of amides is 1. The molecule has 1 aliphatic heterocycles. The number of rotatable bonds is 2. The zero-order valence-corrected chi connectivity index (χ0v) is 15.8. The Kier molecular flexibility index (Phi) is 5.09. The van der Waals surface area contributed by atoms with Gasteiger partial charge >= 0.3 is 6.09 Å². The highest BCUT2D eigenvalue weighted by atomic mass is 79.9. The summed E-state index contributed by atoms with van der Waals surface area (Å²) in [6.07, 6.45) is 4.01. The highest BCUT2D eigenvalue weighted by Gasteiger charge is 2.22. The summed E-state index contributed by atoms with van der Waals surface area (Å²) in [6, 6.07) is 2.61. The number of aromatic nitrogens is 2. The highest BCUT2D eigenvalue weighted by molar-refractivity contribution is 9.11. The number of nitrogens with zero attached hydrogens (tertiary/aromatic N) is 3. The monoisotopic (exact) mass is 460 g/mol. The Bertz CT molecular complexity index is 752. The summed E-state index contributed by atoms with van der Waals surface area (Å²) in [5.41, 5.74) is 6.58. The topological polar surface area (TPSA) is 73.4 Å². The molecule has 128 valence electrons. The molecule has 2 N–H and O–H groups in total. The summed E-state index contributed by atoms with van der Waals surface area (Å²) in [6.45, 7) is 1.36. The zero-order valence-electron chi connectivity index (χ0n) is 12.6. The largest absolute Gasteiger partial charge is 0.415 e. The molecule has 6 nitrogen and oxygen atoms in total. The molecule has 0 radical (unpaired) electrons. The van der Waals surface area contributed by atoms with Crippen LogP contribution in [0.3, 0.4) is 0 Å². The summed E-state index contributed by atoms with van der Waals surface area (Å²) in [5.74, 6) is -0.0676. The number of piperidine rings is 1. The molecule has 1 aromatic carbocycles. The Labute approximate surface area is 155 Å². The number of hydrogen-bond donors (Lipinski definition) is 1. The number of carbonyl (C=O) groups is 1. The first kappa shape index (κ1) is 17.2. The minimum Gasteiger partial charge on any atom is -0.404 e. The fourth-order valence-corrected chi connectivity index (χ4v) is 4.04. The Hall–Kier alpha value is -1.61. The van der Waals surface area contributed by atoms with Crippen LogP contribution in [-0.2, 0) is 0 Å². The van der Waals surface area contributed by atoms with Crippen molar-refractivity contribution in [1.29, 1.82) is 0 Å². The molecule has 1 amide bonds. The molecule has 9 heteroatoms. The van der Waals surface area contributed by atoms with Crippen molar-refractivity contribution in [1.82, 2.24) is 14.7 Å². The lowest BCUT2D eigenvalue weighted by molar-refractivity contribution is 0.143. The van der Waals surface area contributed by atoms with Gasteiger partial charge in [-0.05, 0) is 63.3 Å². The van der Waals surface area contributed by atoms with Crippen LogP contribution in [0.25, 0.3) is 5.69 Å². The van der Waals surface area contributed by atoms with E-state index in [1.54, 1.807) is 4.90 Å². The zero-order chi connectivity index (χ0) is 17.3. The lowest BCUT2D eigenvalue weighted by Crippen LogP contribution is -2.37. The minimum atomic E-state index is -0.432. The molecule has 0 spiro atoms. The third-order valence-corrected chi connectivity index (χ3v) is 4.99. The lowest BCUT2D eigenvalue weighted by atomic mass is 10.1. The number of hydrogen-bond acceptors (Lipinski definition) is 4. The van der Waals surface area contributed by atoms with Gasteiger partial charge in [-0.25, -0.2) is 13.9 Å². The quantitative estimate of drug-likeness (QED) is 0.730. The summed E-state index contributed by atoms with van der Waals surface area (Å²) in [4.78, 5) is 13.8. The van der Waals surface area contributed by atoms with E-state index in [0.29, 0.717) is 27.7 Å². The van der Waals surface area contributed by atoms with Crippen LogP contribution < -0.4 is 10.5 Å². The van der Waals surface area contributed by atoms with Crippen molar-refractivity contribution in [2.24, 2.45) is 0 Å². The van der Waals surface area contributed by atoms with Gasteiger partial charge in [0.1, 0.15) is 5.82 Å². The second-order valence-corrected chi connectivity index (χ2v) is 7.15.